The van der Waals surface area contributed by atoms with Gasteiger partial charge in [0, 0.05) is 12.6 Å². The Morgan fingerprint density at radius 3 is 2.00 bits per heavy atom. The Bertz CT molecular complexity index is 261. The summed E-state index contributed by atoms with van der Waals surface area (Å²) >= 11 is 0. The van der Waals surface area contributed by atoms with Gasteiger partial charge in [0.2, 0.25) is 0 Å². The van der Waals surface area contributed by atoms with Crippen LogP contribution in [0.25, 0.3) is 0 Å². The van der Waals surface area contributed by atoms with Crippen LogP contribution < -0.4 is 9.86 Å². The maximum Gasteiger partial charge on any atom is 0.274 e. The summed E-state index contributed by atoms with van der Waals surface area (Å²) in [5.41, 5.74) is 0. The quantitative estimate of drug-likeness (QED) is 0.661. The maximum atomic E-state index is 10.8. The molecule has 1 unspecified atom stereocenters. The molecule has 0 spiro atoms. The van der Waals surface area contributed by atoms with E-state index in [2.05, 4.69) is 18.6 Å². The number of likely N-dealkylation sites (N-methyl/N-ethyl adjacent to an activating group) is 1. The van der Waals surface area contributed by atoms with Gasteiger partial charge in [0.15, 0.2) is 0 Å². The lowest BCUT2D eigenvalue weighted by Gasteiger charge is -2.31. The molecule has 0 amide bonds. The summed E-state index contributed by atoms with van der Waals surface area (Å²) in [4.78, 5) is 2.04. The van der Waals surface area contributed by atoms with Crippen molar-refractivity contribution in [3.05, 3.63) is 0 Å². The minimum atomic E-state index is -3.58. The molecule has 0 aliphatic carbocycles. The van der Waals surface area contributed by atoms with Gasteiger partial charge in [-0.25, -0.2) is 9.86 Å². The molecule has 3 N–H and O–H groups in total. The topological polar surface area (TPSA) is 75.4 Å². The third-order valence-corrected chi connectivity index (χ3v) is 3.32. The lowest BCUT2D eigenvalue weighted by atomic mass is 9.93. The van der Waals surface area contributed by atoms with Gasteiger partial charge in [0.25, 0.3) is 10.2 Å². The Hall–Kier alpha value is -0.170. The molecule has 5 nitrogen and oxygen atoms in total. The van der Waals surface area contributed by atoms with E-state index in [1.807, 2.05) is 19.0 Å². The summed E-state index contributed by atoms with van der Waals surface area (Å²) in [5.74, 6) is 0.481. The number of rotatable bonds is 7. The molecule has 15 heavy (non-hydrogen) atoms. The standard InChI is InChI=1S/C9H23N3O2S/c1-5-8(6-2)9(12(3)4)7-11-15(10,13)14/h8-9,11H,5-7H2,1-4H3,(H2,10,13,14). The minimum Gasteiger partial charge on any atom is -0.305 e. The predicted molar refractivity (Wildman–Crippen MR) is 62.7 cm³/mol. The summed E-state index contributed by atoms with van der Waals surface area (Å²) < 4.78 is 24.0. The first-order chi connectivity index (χ1) is 6.81. The molecule has 0 saturated heterocycles. The molecule has 0 bridgehead atoms. The molecule has 0 saturated carbocycles. The molecule has 0 fully saturated rings. The monoisotopic (exact) mass is 237 g/mol. The lowest BCUT2D eigenvalue weighted by molar-refractivity contribution is 0.201. The molecule has 0 radical (unpaired) electrons. The number of hydrogen-bond donors (Lipinski definition) is 2. The van der Waals surface area contributed by atoms with Gasteiger partial charge >= 0.3 is 0 Å². The maximum absolute atomic E-state index is 10.8. The van der Waals surface area contributed by atoms with E-state index >= 15 is 0 Å². The van der Waals surface area contributed by atoms with E-state index in [0.29, 0.717) is 12.5 Å². The number of nitrogens with one attached hydrogen (secondary N) is 1. The number of nitrogens with two attached hydrogens (primary N) is 1. The molecular weight excluding hydrogens is 214 g/mol. The predicted octanol–water partition coefficient (Wildman–Crippen LogP) is 0.146. The number of nitrogens with zero attached hydrogens (tertiary/aromatic N) is 1. The van der Waals surface area contributed by atoms with Gasteiger partial charge in [-0.05, 0) is 20.0 Å². The summed E-state index contributed by atoms with van der Waals surface area (Å²) in [7, 11) is 0.325. The molecule has 6 heteroatoms. The Morgan fingerprint density at radius 1 is 1.27 bits per heavy atom. The number of hydrogen-bond acceptors (Lipinski definition) is 3. The Kier molecular flexibility index (Phi) is 6.35. The second-order valence-corrected chi connectivity index (χ2v) is 5.38. The second kappa shape index (κ2) is 6.42. The minimum absolute atomic E-state index is 0.193. The van der Waals surface area contributed by atoms with E-state index in [9.17, 15) is 8.42 Å². The summed E-state index contributed by atoms with van der Waals surface area (Å²) in [6.45, 7) is 4.60. The first kappa shape index (κ1) is 14.8. The van der Waals surface area contributed by atoms with Crippen molar-refractivity contribution in [2.75, 3.05) is 20.6 Å². The average molecular weight is 237 g/mol. The van der Waals surface area contributed by atoms with Crippen LogP contribution in [0.5, 0.6) is 0 Å². The van der Waals surface area contributed by atoms with Crippen LogP contribution in [0.15, 0.2) is 0 Å². The molecule has 0 heterocycles. The molecule has 1 atom stereocenters. The second-order valence-electron chi connectivity index (χ2n) is 4.00. The average Bonchev–Trinajstić information content (AvgIpc) is 2.09. The fourth-order valence-electron chi connectivity index (χ4n) is 1.81. The van der Waals surface area contributed by atoms with Gasteiger partial charge in [0.05, 0.1) is 0 Å². The highest BCUT2D eigenvalue weighted by molar-refractivity contribution is 7.87. The van der Waals surface area contributed by atoms with Gasteiger partial charge in [-0.1, -0.05) is 26.7 Å². The summed E-state index contributed by atoms with van der Waals surface area (Å²) in [5, 5.41) is 4.91. The molecule has 92 valence electrons. The van der Waals surface area contributed by atoms with Crippen molar-refractivity contribution < 1.29 is 8.42 Å². The van der Waals surface area contributed by atoms with Crippen LogP contribution in [0.3, 0.4) is 0 Å². The third kappa shape index (κ3) is 6.09. The van der Waals surface area contributed by atoms with Crippen LogP contribution in [0.2, 0.25) is 0 Å². The molecule has 0 aromatic heterocycles. The van der Waals surface area contributed by atoms with Gasteiger partial charge in [-0.15, -0.1) is 0 Å². The SMILES string of the molecule is CCC(CC)C(CNS(N)(=O)=O)N(C)C. The van der Waals surface area contributed by atoms with Crippen LogP contribution in [0, 0.1) is 5.92 Å². The zero-order valence-electron chi connectivity index (χ0n) is 10.0. The van der Waals surface area contributed by atoms with Crippen molar-refractivity contribution >= 4 is 10.2 Å². The fraction of sp³-hybridized carbons (Fsp3) is 1.00. The van der Waals surface area contributed by atoms with Crippen molar-refractivity contribution in [2.45, 2.75) is 32.7 Å². The zero-order chi connectivity index (χ0) is 12.1. The molecule has 0 aliphatic heterocycles. The van der Waals surface area contributed by atoms with Gasteiger partial charge in [-0.3, -0.25) is 0 Å². The van der Waals surface area contributed by atoms with Gasteiger partial charge < -0.3 is 4.90 Å². The van der Waals surface area contributed by atoms with Crippen LogP contribution >= 0.6 is 0 Å². The first-order valence-electron chi connectivity index (χ1n) is 5.25. The van der Waals surface area contributed by atoms with Crippen LogP contribution in [0.1, 0.15) is 26.7 Å². The highest BCUT2D eigenvalue weighted by Crippen LogP contribution is 2.16. The van der Waals surface area contributed by atoms with Crippen molar-refractivity contribution in [2.24, 2.45) is 11.1 Å². The van der Waals surface area contributed by atoms with E-state index < -0.39 is 10.2 Å². The van der Waals surface area contributed by atoms with Crippen molar-refractivity contribution in [1.82, 2.24) is 9.62 Å². The summed E-state index contributed by atoms with van der Waals surface area (Å²) in [6.07, 6.45) is 2.07. The highest BCUT2D eigenvalue weighted by Gasteiger charge is 2.21. The highest BCUT2D eigenvalue weighted by atomic mass is 32.2. The lowest BCUT2D eigenvalue weighted by Crippen LogP contribution is -2.46. The normalized spacial score (nSPS) is 14.9. The van der Waals surface area contributed by atoms with Crippen LogP contribution in [0.4, 0.5) is 0 Å². The Morgan fingerprint density at radius 2 is 1.73 bits per heavy atom. The fourth-order valence-corrected chi connectivity index (χ4v) is 2.21. The molecular formula is C9H23N3O2S. The van der Waals surface area contributed by atoms with Crippen LogP contribution in [-0.2, 0) is 10.2 Å². The molecule has 0 aromatic rings. The van der Waals surface area contributed by atoms with Crippen LogP contribution in [-0.4, -0.2) is 40.0 Å². The molecule has 0 aliphatic rings. The summed E-state index contributed by atoms with van der Waals surface area (Å²) in [6, 6.07) is 0.193. The first-order valence-corrected chi connectivity index (χ1v) is 6.80. The van der Waals surface area contributed by atoms with E-state index in [1.165, 1.54) is 0 Å². The largest absolute Gasteiger partial charge is 0.305 e. The van der Waals surface area contributed by atoms with Gasteiger partial charge in [0.1, 0.15) is 0 Å². The molecule has 0 aromatic carbocycles. The smallest absolute Gasteiger partial charge is 0.274 e. The van der Waals surface area contributed by atoms with E-state index in [-0.39, 0.29) is 6.04 Å². The van der Waals surface area contributed by atoms with Crippen molar-refractivity contribution in [3.63, 3.8) is 0 Å². The zero-order valence-corrected chi connectivity index (χ0v) is 10.8. The van der Waals surface area contributed by atoms with E-state index in [1.54, 1.807) is 0 Å². The molecule has 0 rings (SSSR count). The van der Waals surface area contributed by atoms with E-state index in [4.69, 9.17) is 5.14 Å². The Balaban J connectivity index is 4.40. The van der Waals surface area contributed by atoms with Gasteiger partial charge in [-0.2, -0.15) is 8.42 Å². The third-order valence-electron chi connectivity index (χ3n) is 2.75. The Labute approximate surface area is 93.2 Å². The van der Waals surface area contributed by atoms with Crippen molar-refractivity contribution in [1.29, 1.82) is 0 Å². The van der Waals surface area contributed by atoms with E-state index in [0.717, 1.165) is 12.8 Å². The van der Waals surface area contributed by atoms with Crippen molar-refractivity contribution in [3.8, 4) is 0 Å².